The highest BCUT2D eigenvalue weighted by Crippen LogP contribution is 2.59. The molecule has 0 aliphatic heterocycles. The summed E-state index contributed by atoms with van der Waals surface area (Å²) in [6.07, 6.45) is 16.9. The number of fused-ring (bicyclic) bond motifs is 1. The Balaban J connectivity index is 1.71. The van der Waals surface area contributed by atoms with Crippen LogP contribution in [0.4, 0.5) is 0 Å². The van der Waals surface area contributed by atoms with Gasteiger partial charge in [-0.15, -0.1) is 0 Å². The normalized spacial score (nSPS) is 35.9. The van der Waals surface area contributed by atoms with E-state index >= 15 is 0 Å². The van der Waals surface area contributed by atoms with Gasteiger partial charge in [-0.1, -0.05) is 55.4 Å². The first-order valence-electron chi connectivity index (χ1n) is 12.5. The molecule has 3 saturated carbocycles. The van der Waals surface area contributed by atoms with Crippen LogP contribution in [0.1, 0.15) is 79.1 Å². The average molecular weight is 445 g/mol. The summed E-state index contributed by atoms with van der Waals surface area (Å²) in [7, 11) is 0. The van der Waals surface area contributed by atoms with E-state index in [1.165, 1.54) is 37.3 Å². The van der Waals surface area contributed by atoms with Gasteiger partial charge in [-0.2, -0.15) is 0 Å². The van der Waals surface area contributed by atoms with E-state index in [1.54, 1.807) is 0 Å². The fraction of sp³-hybridized carbons (Fsp3) is 0.714. The maximum Gasteiger partial charge on any atom is 0.0813 e. The first-order valence-corrected chi connectivity index (χ1v) is 12.5. The Morgan fingerprint density at radius 3 is 2.44 bits per heavy atom. The number of rotatable bonds is 6. The van der Waals surface area contributed by atoms with E-state index in [2.05, 4.69) is 38.2 Å². The van der Waals surface area contributed by atoms with Crippen molar-refractivity contribution in [3.05, 3.63) is 47.1 Å². The highest BCUT2D eigenvalue weighted by Gasteiger charge is 2.50. The van der Waals surface area contributed by atoms with Gasteiger partial charge in [0.1, 0.15) is 0 Å². The average Bonchev–Trinajstić information content (AvgIpc) is 3.05. The molecule has 0 aromatic carbocycles. The van der Waals surface area contributed by atoms with Crippen molar-refractivity contribution in [3.8, 4) is 0 Å². The molecule has 0 spiro atoms. The highest BCUT2D eigenvalue weighted by molar-refractivity contribution is 5.30. The maximum atomic E-state index is 10.4. The van der Waals surface area contributed by atoms with Crippen molar-refractivity contribution in [2.75, 3.05) is 6.61 Å². The monoisotopic (exact) mass is 444 g/mol. The third kappa shape index (κ3) is 5.83. The molecule has 4 N–H and O–H groups in total. The van der Waals surface area contributed by atoms with Gasteiger partial charge in [-0.05, 0) is 94.0 Å². The zero-order valence-corrected chi connectivity index (χ0v) is 20.4. The summed E-state index contributed by atoms with van der Waals surface area (Å²) < 4.78 is 0. The molecule has 3 aliphatic rings. The smallest absolute Gasteiger partial charge is 0.0813 e. The third-order valence-electron chi connectivity index (χ3n) is 8.27. The van der Waals surface area contributed by atoms with Crippen molar-refractivity contribution in [1.29, 1.82) is 0 Å². The third-order valence-corrected chi connectivity index (χ3v) is 8.27. The lowest BCUT2D eigenvalue weighted by Gasteiger charge is -2.44. The zero-order valence-electron chi connectivity index (χ0n) is 20.4. The Kier molecular flexibility index (Phi) is 8.25. The van der Waals surface area contributed by atoms with Gasteiger partial charge < -0.3 is 20.4 Å². The van der Waals surface area contributed by atoms with Crippen molar-refractivity contribution < 1.29 is 20.4 Å². The summed E-state index contributed by atoms with van der Waals surface area (Å²) in [5.74, 6) is 1.77. The van der Waals surface area contributed by atoms with Crippen molar-refractivity contribution >= 4 is 0 Å². The molecular weight excluding hydrogens is 400 g/mol. The largest absolute Gasteiger partial charge is 0.392 e. The van der Waals surface area contributed by atoms with Crippen molar-refractivity contribution in [2.24, 2.45) is 23.2 Å². The zero-order chi connectivity index (χ0) is 23.5. The maximum absolute atomic E-state index is 10.4. The molecule has 3 fully saturated rings. The van der Waals surface area contributed by atoms with Gasteiger partial charge in [0.05, 0.1) is 24.4 Å². The molecule has 0 amide bonds. The minimum absolute atomic E-state index is 0.153. The molecule has 4 heteroatoms. The molecule has 3 unspecified atom stereocenters. The number of hydrogen-bond acceptors (Lipinski definition) is 4. The molecular formula is C28H44O4. The van der Waals surface area contributed by atoms with Crippen molar-refractivity contribution in [2.45, 2.75) is 96.9 Å². The van der Waals surface area contributed by atoms with Crippen LogP contribution in [0.25, 0.3) is 0 Å². The molecule has 0 bridgehead atoms. The number of aliphatic hydroxyl groups is 4. The van der Waals surface area contributed by atoms with E-state index in [-0.39, 0.29) is 6.61 Å². The van der Waals surface area contributed by atoms with E-state index in [1.807, 2.05) is 13.8 Å². The first kappa shape index (κ1) is 25.4. The van der Waals surface area contributed by atoms with E-state index in [0.29, 0.717) is 48.0 Å². The fourth-order valence-electron chi connectivity index (χ4n) is 6.62. The van der Waals surface area contributed by atoms with Crippen LogP contribution < -0.4 is 0 Å². The molecule has 0 aromatic heterocycles. The Hall–Kier alpha value is -1.20. The number of hydrogen-bond donors (Lipinski definition) is 4. The molecule has 0 heterocycles. The molecule has 4 nitrogen and oxygen atoms in total. The Morgan fingerprint density at radius 1 is 1.12 bits per heavy atom. The van der Waals surface area contributed by atoms with Gasteiger partial charge in [0.2, 0.25) is 0 Å². The Bertz CT molecular complexity index is 753. The SMILES string of the molecule is C[C@H](C=CCC(C)(C)O)C1CCC2C(=CC=C3C[C@@H](O)C(=CCO)[C@H](O)C3)CCCC21C. The fourth-order valence-corrected chi connectivity index (χ4v) is 6.62. The lowest BCUT2D eigenvalue weighted by molar-refractivity contribution is 0.0832. The molecule has 0 saturated heterocycles. The lowest BCUT2D eigenvalue weighted by atomic mass is 9.61. The van der Waals surface area contributed by atoms with Gasteiger partial charge in [0.25, 0.3) is 0 Å². The summed E-state index contributed by atoms with van der Waals surface area (Å²) in [5.41, 5.74) is 2.82. The molecule has 6 atom stereocenters. The summed E-state index contributed by atoms with van der Waals surface area (Å²) in [4.78, 5) is 0. The Labute approximate surface area is 194 Å². The second kappa shape index (κ2) is 10.4. The second-order valence-electron chi connectivity index (χ2n) is 11.3. The second-order valence-corrected chi connectivity index (χ2v) is 11.3. The number of aliphatic hydroxyl groups excluding tert-OH is 3. The first-order chi connectivity index (χ1) is 15.0. The van der Waals surface area contributed by atoms with Gasteiger partial charge >= 0.3 is 0 Å². The summed E-state index contributed by atoms with van der Waals surface area (Å²) in [5, 5.41) is 39.8. The van der Waals surface area contributed by atoms with Crippen LogP contribution in [0.5, 0.6) is 0 Å². The van der Waals surface area contributed by atoms with Gasteiger partial charge in [-0.3, -0.25) is 0 Å². The Morgan fingerprint density at radius 2 is 1.81 bits per heavy atom. The summed E-state index contributed by atoms with van der Waals surface area (Å²) in [6.45, 7) is 8.38. The molecule has 0 aromatic rings. The van der Waals surface area contributed by atoms with Crippen LogP contribution in [-0.4, -0.2) is 44.8 Å². The van der Waals surface area contributed by atoms with Crippen molar-refractivity contribution in [1.82, 2.24) is 0 Å². The minimum atomic E-state index is -0.709. The van der Waals surface area contributed by atoms with Crippen LogP contribution in [0.2, 0.25) is 0 Å². The van der Waals surface area contributed by atoms with Gasteiger partial charge in [0, 0.05) is 0 Å². The molecule has 180 valence electrons. The van der Waals surface area contributed by atoms with E-state index in [4.69, 9.17) is 5.11 Å². The van der Waals surface area contributed by atoms with Crippen LogP contribution in [0.3, 0.4) is 0 Å². The highest BCUT2D eigenvalue weighted by atomic mass is 16.3. The summed E-state index contributed by atoms with van der Waals surface area (Å²) in [6, 6.07) is 0. The summed E-state index contributed by atoms with van der Waals surface area (Å²) >= 11 is 0. The number of allylic oxidation sites excluding steroid dienone is 4. The quantitative estimate of drug-likeness (QED) is 0.442. The molecule has 0 radical (unpaired) electrons. The topological polar surface area (TPSA) is 80.9 Å². The molecule has 3 rings (SSSR count). The van der Waals surface area contributed by atoms with E-state index in [0.717, 1.165) is 12.0 Å². The lowest BCUT2D eigenvalue weighted by Crippen LogP contribution is -2.35. The predicted octanol–water partition coefficient (Wildman–Crippen LogP) is 4.84. The minimum Gasteiger partial charge on any atom is -0.392 e. The van der Waals surface area contributed by atoms with E-state index in [9.17, 15) is 15.3 Å². The van der Waals surface area contributed by atoms with Crippen LogP contribution in [0, 0.1) is 23.2 Å². The van der Waals surface area contributed by atoms with Gasteiger partial charge in [-0.25, -0.2) is 0 Å². The van der Waals surface area contributed by atoms with Gasteiger partial charge in [0.15, 0.2) is 0 Å². The predicted molar refractivity (Wildman–Crippen MR) is 130 cm³/mol. The van der Waals surface area contributed by atoms with E-state index < -0.39 is 17.8 Å². The molecule has 3 aliphatic carbocycles. The van der Waals surface area contributed by atoms with Crippen LogP contribution in [0.15, 0.2) is 47.1 Å². The molecule has 32 heavy (non-hydrogen) atoms. The van der Waals surface area contributed by atoms with Crippen LogP contribution >= 0.6 is 0 Å². The van der Waals surface area contributed by atoms with Crippen LogP contribution in [-0.2, 0) is 0 Å². The van der Waals surface area contributed by atoms with Crippen molar-refractivity contribution in [3.63, 3.8) is 0 Å². The standard InChI is InChI=1S/C28H44O4/c1-19(7-5-14-27(2,3)32)23-11-12-24-21(8-6-15-28(23,24)4)10-9-20-17-25(30)22(13-16-29)26(31)18-20/h5,7,9-10,13,19,23-26,29-32H,6,8,11-12,14-18H2,1-4H3/t19-,23?,24?,25-,26-,28?/m1/s1.